The molecule has 0 bridgehead atoms. The largest absolute Gasteiger partial charge is 0.461 e. The highest BCUT2D eigenvalue weighted by Crippen LogP contribution is 2.69. The van der Waals surface area contributed by atoms with Gasteiger partial charge in [-0.1, -0.05) is 52.0 Å². The van der Waals surface area contributed by atoms with Crippen LogP contribution in [0.3, 0.4) is 0 Å². The zero-order valence-electron chi connectivity index (χ0n) is 31.4. The number of nitrogens with zero attached hydrogens (tertiary/aromatic N) is 3. The number of carbonyl (C=O) groups excluding carboxylic acids is 3. The number of rotatable bonds is 13. The van der Waals surface area contributed by atoms with E-state index in [1.54, 1.807) is 57.8 Å². The van der Waals surface area contributed by atoms with Crippen molar-refractivity contribution >= 4 is 37.8 Å². The standard InChI is InChI=1S/C36H47F3N5O10P/c1-19(2)30(45)50-28-27(25-16-17-26-29(40)41-18-42-44(25)26)51-34(6)33(35(28,34)52-31(46)20(3)4)54-55(48,53-24-10-8-7-9-11-24)43-21(5)32(47)49-23-14-12-22(13-15-23)36(37,38)39/h7-11,17-23,25,27-28,33H,12-16H2,1-6H3,(H,43,48)(H2,40,41,42)/t21-,22-,23-,25?,27-,28-,33?,34+,35+,55+/m0/s1. The molecule has 19 heteroatoms. The van der Waals surface area contributed by atoms with Crippen molar-refractivity contribution in [3.05, 3.63) is 42.1 Å². The minimum atomic E-state index is -4.68. The fraction of sp³-hybridized carbons (Fsp3) is 0.639. The van der Waals surface area contributed by atoms with Gasteiger partial charge >= 0.3 is 31.8 Å². The van der Waals surface area contributed by atoms with Crippen molar-refractivity contribution in [1.82, 2.24) is 10.1 Å². The SMILES string of the molecule is CC(C)C(=O)O[C@H]1[C@H](C2CC=C3C(N)=NC=NN32)O[C@]2(C)C(O[P@@](=O)(N[C@@H](C)C(=O)O[C@H]3CC[C@H](C(F)(F)F)CC3)Oc3ccccc3)[C@]12OC(=O)C(C)C. The lowest BCUT2D eigenvalue weighted by Gasteiger charge is -2.36. The number of alkyl halides is 3. The zero-order chi connectivity index (χ0) is 40.1. The van der Waals surface area contributed by atoms with Crippen molar-refractivity contribution in [2.75, 3.05) is 0 Å². The molecule has 0 spiro atoms. The van der Waals surface area contributed by atoms with Crippen molar-refractivity contribution in [2.24, 2.45) is 33.6 Å². The fourth-order valence-electron chi connectivity index (χ4n) is 7.45. The highest BCUT2D eigenvalue weighted by Gasteiger charge is 2.92. The Balaban J connectivity index is 1.30. The van der Waals surface area contributed by atoms with Crippen LogP contribution >= 0.6 is 7.75 Å². The Hall–Kier alpha value is -3.99. The molecule has 1 saturated heterocycles. The lowest BCUT2D eigenvalue weighted by Crippen LogP contribution is -2.53. The number of nitrogens with one attached hydrogen (secondary N) is 1. The van der Waals surface area contributed by atoms with Crippen LogP contribution in [0.5, 0.6) is 5.75 Å². The molecule has 3 N–H and O–H groups in total. The fourth-order valence-corrected chi connectivity index (χ4v) is 9.22. The van der Waals surface area contributed by atoms with Crippen LogP contribution in [0.15, 0.2) is 52.2 Å². The molecule has 8 atom stereocenters. The molecule has 0 aromatic heterocycles. The first-order valence-corrected chi connectivity index (χ1v) is 19.9. The van der Waals surface area contributed by atoms with Crippen molar-refractivity contribution < 1.29 is 60.1 Å². The van der Waals surface area contributed by atoms with Gasteiger partial charge in [0.2, 0.25) is 5.60 Å². The molecule has 55 heavy (non-hydrogen) atoms. The monoisotopic (exact) mass is 797 g/mol. The smallest absolute Gasteiger partial charge is 0.459 e. The van der Waals surface area contributed by atoms with Gasteiger partial charge in [-0.3, -0.25) is 23.9 Å². The van der Waals surface area contributed by atoms with E-state index < -0.39 is 97.3 Å². The van der Waals surface area contributed by atoms with Crippen LogP contribution in [0.4, 0.5) is 13.2 Å². The first-order valence-electron chi connectivity index (χ1n) is 18.3. The van der Waals surface area contributed by atoms with Crippen LogP contribution in [0.1, 0.15) is 73.6 Å². The number of nitrogens with two attached hydrogens (primary N) is 1. The van der Waals surface area contributed by atoms with E-state index in [0.29, 0.717) is 12.1 Å². The summed E-state index contributed by atoms with van der Waals surface area (Å²) in [5, 5.41) is 8.57. The van der Waals surface area contributed by atoms with E-state index in [4.69, 9.17) is 33.7 Å². The topological polar surface area (TPSA) is 190 Å². The minimum absolute atomic E-state index is 0.0105. The minimum Gasteiger partial charge on any atom is -0.461 e. The van der Waals surface area contributed by atoms with Gasteiger partial charge in [-0.25, -0.2) is 9.56 Å². The summed E-state index contributed by atoms with van der Waals surface area (Å²) in [6.07, 6.45) is -5.73. The maximum Gasteiger partial charge on any atom is 0.459 e. The maximum atomic E-state index is 14.9. The molecular weight excluding hydrogens is 750 g/mol. The second-order valence-electron chi connectivity index (χ2n) is 15.2. The summed E-state index contributed by atoms with van der Waals surface area (Å²) >= 11 is 0. The number of para-hydroxylation sites is 1. The lowest BCUT2D eigenvalue weighted by molar-refractivity contribution is -0.189. The summed E-state index contributed by atoms with van der Waals surface area (Å²) in [5.74, 6) is -4.65. The van der Waals surface area contributed by atoms with Gasteiger partial charge < -0.3 is 29.2 Å². The van der Waals surface area contributed by atoms with E-state index in [1.165, 1.54) is 25.4 Å². The average molecular weight is 798 g/mol. The molecule has 1 aromatic rings. The molecule has 0 radical (unpaired) electrons. The molecule has 6 rings (SSSR count). The second kappa shape index (κ2) is 15.2. The van der Waals surface area contributed by atoms with E-state index in [0.717, 1.165) is 0 Å². The second-order valence-corrected chi connectivity index (χ2v) is 16.9. The summed E-state index contributed by atoms with van der Waals surface area (Å²) in [5.41, 5.74) is 3.18. The molecule has 3 heterocycles. The van der Waals surface area contributed by atoms with E-state index in [1.807, 2.05) is 6.08 Å². The summed E-state index contributed by atoms with van der Waals surface area (Å²) in [7, 11) is -4.68. The number of ether oxygens (including phenoxy) is 4. The number of amidine groups is 1. The predicted molar refractivity (Wildman–Crippen MR) is 190 cm³/mol. The van der Waals surface area contributed by atoms with Gasteiger partial charge in [-0.05, 0) is 58.1 Å². The van der Waals surface area contributed by atoms with E-state index in [-0.39, 0.29) is 37.3 Å². The quantitative estimate of drug-likeness (QED) is 0.152. The van der Waals surface area contributed by atoms with Crippen molar-refractivity contribution in [3.63, 3.8) is 0 Å². The number of hydrogen-bond donors (Lipinski definition) is 2. The molecule has 3 fully saturated rings. The van der Waals surface area contributed by atoms with Crippen molar-refractivity contribution in [2.45, 2.75) is 128 Å². The van der Waals surface area contributed by atoms with Gasteiger partial charge in [0.15, 0.2) is 11.9 Å². The number of benzene rings is 1. The summed E-state index contributed by atoms with van der Waals surface area (Å²) in [6.45, 7) is 9.41. The van der Waals surface area contributed by atoms with E-state index in [9.17, 15) is 32.1 Å². The summed E-state index contributed by atoms with van der Waals surface area (Å²) < 4.78 is 91.3. The van der Waals surface area contributed by atoms with Gasteiger partial charge in [0.25, 0.3) is 0 Å². The first kappa shape index (κ1) is 40.7. The van der Waals surface area contributed by atoms with Gasteiger partial charge in [0.05, 0.1) is 29.5 Å². The molecule has 15 nitrogen and oxygen atoms in total. The molecule has 2 aliphatic carbocycles. The van der Waals surface area contributed by atoms with Crippen molar-refractivity contribution in [3.8, 4) is 5.75 Å². The number of esters is 3. The van der Waals surface area contributed by atoms with Gasteiger partial charge in [-0.2, -0.15) is 23.4 Å². The number of hydrogen-bond acceptors (Lipinski definition) is 14. The van der Waals surface area contributed by atoms with Crippen LogP contribution in [-0.4, -0.2) is 89.0 Å². The molecule has 1 aromatic carbocycles. The molecule has 302 valence electrons. The molecule has 2 saturated carbocycles. The lowest BCUT2D eigenvalue weighted by atomic mass is 9.87. The Kier molecular flexibility index (Phi) is 11.2. The number of hydrazone groups is 1. The van der Waals surface area contributed by atoms with Crippen LogP contribution in [0.25, 0.3) is 0 Å². The Morgan fingerprint density at radius 1 is 1.00 bits per heavy atom. The Labute approximate surface area is 316 Å². The highest BCUT2D eigenvalue weighted by molar-refractivity contribution is 7.52. The average Bonchev–Trinajstić information content (AvgIpc) is 3.38. The first-order chi connectivity index (χ1) is 25.8. The molecular formula is C36H47F3N5O10P. The number of carbonyl (C=O) groups is 3. The maximum absolute atomic E-state index is 14.9. The van der Waals surface area contributed by atoms with Crippen molar-refractivity contribution in [1.29, 1.82) is 0 Å². The number of aliphatic imine (C=N–C) groups is 1. The van der Waals surface area contributed by atoms with E-state index >= 15 is 0 Å². The molecule has 5 aliphatic rings. The summed E-state index contributed by atoms with van der Waals surface area (Å²) in [4.78, 5) is 44.2. The van der Waals surface area contributed by atoms with Crippen LogP contribution < -0.4 is 15.3 Å². The molecule has 3 aliphatic heterocycles. The highest BCUT2D eigenvalue weighted by atomic mass is 31.2. The van der Waals surface area contributed by atoms with E-state index in [2.05, 4.69) is 15.2 Å². The van der Waals surface area contributed by atoms with Gasteiger partial charge in [-0.15, -0.1) is 0 Å². The van der Waals surface area contributed by atoms with Crippen LogP contribution in [0, 0.1) is 17.8 Å². The number of fused-ring (bicyclic) bond motifs is 2. The Bertz CT molecular complexity index is 1790. The molecule has 0 amide bonds. The third-order valence-electron chi connectivity index (χ3n) is 10.6. The van der Waals surface area contributed by atoms with Crippen LogP contribution in [0.2, 0.25) is 0 Å². The summed E-state index contributed by atoms with van der Waals surface area (Å²) in [6, 6.07) is 5.98. The Morgan fingerprint density at radius 2 is 1.65 bits per heavy atom. The van der Waals surface area contributed by atoms with Gasteiger partial charge in [0.1, 0.15) is 42.0 Å². The van der Waals surface area contributed by atoms with Gasteiger partial charge in [0, 0.05) is 0 Å². The zero-order valence-corrected chi connectivity index (χ0v) is 32.3. The predicted octanol–water partition coefficient (Wildman–Crippen LogP) is 5.15. The third-order valence-corrected chi connectivity index (χ3v) is 12.2. The van der Waals surface area contributed by atoms with Crippen LogP contribution in [-0.2, 0) is 42.4 Å². The normalized spacial score (nSPS) is 32.8. The number of halogens is 3. The third kappa shape index (κ3) is 7.87. The Morgan fingerprint density at radius 3 is 2.27 bits per heavy atom. The molecule has 2 unspecified atom stereocenters.